The predicted octanol–water partition coefficient (Wildman–Crippen LogP) is 11.4. The summed E-state index contributed by atoms with van der Waals surface area (Å²) in [6, 6.07) is -1.54. The lowest BCUT2D eigenvalue weighted by Gasteiger charge is -2.18. The van der Waals surface area contributed by atoms with Crippen LogP contribution in [0.5, 0.6) is 0 Å². The Morgan fingerprint density at radius 1 is 0.571 bits per heavy atom. The fourth-order valence-electron chi connectivity index (χ4n) is 6.21. The Balaban J connectivity index is 3.89. The number of amides is 1. The van der Waals surface area contributed by atoms with Gasteiger partial charge in [-0.25, -0.2) is 9.36 Å². The highest BCUT2D eigenvalue weighted by atomic mass is 31.2. The Bertz CT molecular complexity index is 1050. The number of carbonyl (C=O) groups is 3. The molecular formula is C44H82NO10P. The number of hydrogen-bond donors (Lipinski definition) is 4. The normalized spacial score (nSPS) is 13.9. The number of allylic oxidation sites excluding steroid dienone is 4. The number of carboxylic acids is 1. The molecule has 0 aliphatic rings. The number of carboxylic acid groups (broad SMARTS) is 1. The van der Waals surface area contributed by atoms with E-state index in [2.05, 4.69) is 43.5 Å². The van der Waals surface area contributed by atoms with Crippen LogP contribution in [0, 0.1) is 0 Å². The molecule has 12 heteroatoms. The van der Waals surface area contributed by atoms with Crippen molar-refractivity contribution in [2.45, 2.75) is 219 Å². The lowest BCUT2D eigenvalue weighted by atomic mass is 10.0. The Morgan fingerprint density at radius 2 is 1.00 bits per heavy atom. The van der Waals surface area contributed by atoms with Crippen molar-refractivity contribution in [3.05, 3.63) is 24.3 Å². The molecule has 1 amide bonds. The highest BCUT2D eigenvalue weighted by Crippen LogP contribution is 2.43. The molecule has 0 bridgehead atoms. The standard InChI is InChI=1S/C44H82NO10P/c1-3-5-7-9-11-13-15-17-19-20-21-22-23-25-27-29-31-33-35-42(47)45-41(44(49)50)39-55-56(51,52)54-38-40(46)37-53-43(48)36-34-32-30-28-26-24-18-16-14-12-10-8-6-4-2/h10,12,16,18,40-41,46H,3-9,11,13-15,17,19-39H2,1-2H3,(H,45,47)(H,49,50)(H,51,52)/b12-10-,18-16-. The summed E-state index contributed by atoms with van der Waals surface area (Å²) in [5.41, 5.74) is 0. The Kier molecular flexibility index (Phi) is 38.3. The van der Waals surface area contributed by atoms with Crippen molar-refractivity contribution in [1.29, 1.82) is 0 Å². The number of phosphoric ester groups is 1. The summed E-state index contributed by atoms with van der Waals surface area (Å²) >= 11 is 0. The average Bonchev–Trinajstić information content (AvgIpc) is 3.17. The smallest absolute Gasteiger partial charge is 0.472 e. The molecule has 0 saturated carbocycles. The van der Waals surface area contributed by atoms with Crippen LogP contribution in [-0.4, -0.2) is 64.9 Å². The first-order chi connectivity index (χ1) is 27.1. The molecule has 328 valence electrons. The predicted molar refractivity (Wildman–Crippen MR) is 226 cm³/mol. The Morgan fingerprint density at radius 3 is 1.50 bits per heavy atom. The first-order valence-electron chi connectivity index (χ1n) is 22.4. The third-order valence-corrected chi connectivity index (χ3v) is 10.7. The minimum Gasteiger partial charge on any atom is -0.480 e. The number of unbranched alkanes of at least 4 members (excludes halogenated alkanes) is 24. The van der Waals surface area contributed by atoms with Gasteiger partial charge in [0.15, 0.2) is 6.04 Å². The summed E-state index contributed by atoms with van der Waals surface area (Å²) < 4.78 is 26.8. The zero-order valence-electron chi connectivity index (χ0n) is 35.4. The first kappa shape index (κ1) is 54.0. The minimum atomic E-state index is -4.75. The molecule has 0 aliphatic heterocycles. The zero-order chi connectivity index (χ0) is 41.4. The number of ether oxygens (including phenoxy) is 1. The Labute approximate surface area is 340 Å². The quantitative estimate of drug-likeness (QED) is 0.0201. The van der Waals surface area contributed by atoms with Crippen LogP contribution in [0.15, 0.2) is 24.3 Å². The van der Waals surface area contributed by atoms with E-state index in [1.165, 1.54) is 103 Å². The number of aliphatic hydroxyl groups is 1. The van der Waals surface area contributed by atoms with Crippen molar-refractivity contribution in [3.8, 4) is 0 Å². The van der Waals surface area contributed by atoms with Crippen LogP contribution in [0.3, 0.4) is 0 Å². The van der Waals surface area contributed by atoms with Gasteiger partial charge in [-0.2, -0.15) is 0 Å². The summed E-state index contributed by atoms with van der Waals surface area (Å²) in [6.07, 6.45) is 40.5. The zero-order valence-corrected chi connectivity index (χ0v) is 36.3. The molecule has 0 aromatic rings. The van der Waals surface area contributed by atoms with Gasteiger partial charge in [0.1, 0.15) is 12.7 Å². The molecule has 3 unspecified atom stereocenters. The van der Waals surface area contributed by atoms with Gasteiger partial charge < -0.3 is 25.2 Å². The molecule has 0 radical (unpaired) electrons. The number of aliphatic hydroxyl groups excluding tert-OH is 1. The van der Waals surface area contributed by atoms with Gasteiger partial charge in [0, 0.05) is 12.8 Å². The molecule has 0 aromatic heterocycles. The van der Waals surface area contributed by atoms with Crippen LogP contribution in [0.4, 0.5) is 0 Å². The fraction of sp³-hybridized carbons (Fsp3) is 0.841. The molecule has 0 fully saturated rings. The number of aliphatic carboxylic acids is 1. The maximum Gasteiger partial charge on any atom is 0.472 e. The van der Waals surface area contributed by atoms with E-state index in [0.29, 0.717) is 12.8 Å². The second-order valence-electron chi connectivity index (χ2n) is 15.2. The van der Waals surface area contributed by atoms with Crippen molar-refractivity contribution < 1.29 is 47.8 Å². The van der Waals surface area contributed by atoms with Gasteiger partial charge in [-0.05, 0) is 38.5 Å². The number of rotatable bonds is 42. The van der Waals surface area contributed by atoms with Crippen LogP contribution >= 0.6 is 7.82 Å². The summed E-state index contributed by atoms with van der Waals surface area (Å²) in [5.74, 6) is -2.38. The maximum absolute atomic E-state index is 12.3. The lowest BCUT2D eigenvalue weighted by molar-refractivity contribution is -0.147. The molecular weight excluding hydrogens is 733 g/mol. The van der Waals surface area contributed by atoms with Crippen LogP contribution < -0.4 is 5.32 Å². The van der Waals surface area contributed by atoms with Gasteiger partial charge >= 0.3 is 19.8 Å². The monoisotopic (exact) mass is 816 g/mol. The second-order valence-corrected chi connectivity index (χ2v) is 16.7. The summed E-state index contributed by atoms with van der Waals surface area (Å²) in [4.78, 5) is 45.9. The van der Waals surface area contributed by atoms with Gasteiger partial charge in [-0.15, -0.1) is 0 Å². The van der Waals surface area contributed by atoms with E-state index < -0.39 is 57.6 Å². The van der Waals surface area contributed by atoms with E-state index >= 15 is 0 Å². The van der Waals surface area contributed by atoms with Crippen LogP contribution in [0.2, 0.25) is 0 Å². The summed E-state index contributed by atoms with van der Waals surface area (Å²) in [5, 5.41) is 21.8. The molecule has 0 heterocycles. The molecule has 4 N–H and O–H groups in total. The van der Waals surface area contributed by atoms with Gasteiger partial charge in [0.05, 0.1) is 13.2 Å². The lowest BCUT2D eigenvalue weighted by Crippen LogP contribution is -2.43. The third-order valence-electron chi connectivity index (χ3n) is 9.74. The molecule has 3 atom stereocenters. The molecule has 0 aromatic carbocycles. The molecule has 0 aliphatic carbocycles. The van der Waals surface area contributed by atoms with Crippen LogP contribution in [-0.2, 0) is 32.7 Å². The van der Waals surface area contributed by atoms with E-state index in [9.17, 15) is 34.1 Å². The molecule has 0 rings (SSSR count). The van der Waals surface area contributed by atoms with Crippen molar-refractivity contribution in [2.24, 2.45) is 0 Å². The maximum atomic E-state index is 12.3. The van der Waals surface area contributed by atoms with Crippen molar-refractivity contribution in [1.82, 2.24) is 5.32 Å². The van der Waals surface area contributed by atoms with Crippen molar-refractivity contribution in [2.75, 3.05) is 19.8 Å². The number of phosphoric acid groups is 1. The van der Waals surface area contributed by atoms with Crippen molar-refractivity contribution in [3.63, 3.8) is 0 Å². The first-order valence-corrected chi connectivity index (χ1v) is 23.9. The average molecular weight is 816 g/mol. The van der Waals surface area contributed by atoms with E-state index in [1.54, 1.807) is 0 Å². The fourth-order valence-corrected chi connectivity index (χ4v) is 6.99. The van der Waals surface area contributed by atoms with E-state index in [1.807, 2.05) is 0 Å². The number of carbonyl (C=O) groups excluding carboxylic acids is 2. The van der Waals surface area contributed by atoms with Gasteiger partial charge in [-0.1, -0.05) is 179 Å². The number of hydrogen-bond acceptors (Lipinski definition) is 8. The van der Waals surface area contributed by atoms with E-state index in [0.717, 1.165) is 64.2 Å². The molecule has 56 heavy (non-hydrogen) atoms. The van der Waals surface area contributed by atoms with Crippen LogP contribution in [0.25, 0.3) is 0 Å². The highest BCUT2D eigenvalue weighted by Gasteiger charge is 2.28. The molecule has 0 spiro atoms. The summed E-state index contributed by atoms with van der Waals surface area (Å²) in [7, 11) is -4.75. The number of esters is 1. The van der Waals surface area contributed by atoms with Gasteiger partial charge in [-0.3, -0.25) is 18.6 Å². The van der Waals surface area contributed by atoms with E-state index in [4.69, 9.17) is 13.8 Å². The Hall–Kier alpha value is -2.04. The SMILES string of the molecule is CCCC/C=C\C/C=C\CCCCCCCC(=O)OCC(O)COP(=O)(O)OCC(NC(=O)CCCCCCCCCCCCCCCCCCCC)C(=O)O. The number of nitrogens with one attached hydrogen (secondary N) is 1. The van der Waals surface area contributed by atoms with Gasteiger partial charge in [0.25, 0.3) is 0 Å². The molecule has 11 nitrogen and oxygen atoms in total. The second kappa shape index (κ2) is 39.8. The molecule has 0 saturated heterocycles. The largest absolute Gasteiger partial charge is 0.480 e. The highest BCUT2D eigenvalue weighted by molar-refractivity contribution is 7.47. The van der Waals surface area contributed by atoms with Crippen molar-refractivity contribution >= 4 is 25.7 Å². The minimum absolute atomic E-state index is 0.149. The third kappa shape index (κ3) is 38.8. The van der Waals surface area contributed by atoms with E-state index in [-0.39, 0.29) is 12.8 Å². The van der Waals surface area contributed by atoms with Gasteiger partial charge in [0.2, 0.25) is 5.91 Å². The van der Waals surface area contributed by atoms with Crippen LogP contribution in [0.1, 0.15) is 206 Å². The topological polar surface area (TPSA) is 169 Å². The summed E-state index contributed by atoms with van der Waals surface area (Å²) in [6.45, 7) is 2.55.